The Morgan fingerprint density at radius 1 is 1.21 bits per heavy atom. The molecule has 0 aliphatic carbocycles. The highest BCUT2D eigenvalue weighted by Crippen LogP contribution is 2.40. The number of aromatic amines is 1. The number of nitrogens with one attached hydrogen (secondary N) is 1. The summed E-state index contributed by atoms with van der Waals surface area (Å²) in [7, 11) is 0. The van der Waals surface area contributed by atoms with Gasteiger partial charge >= 0.3 is 0 Å². The van der Waals surface area contributed by atoms with Crippen molar-refractivity contribution in [2.45, 2.75) is 57.5 Å². The molecule has 2 aromatic rings. The maximum atomic E-state index is 12.8. The molecular formula is C20H25N3O. The maximum absolute atomic E-state index is 12.8. The first-order valence-corrected chi connectivity index (χ1v) is 9.05. The van der Waals surface area contributed by atoms with Gasteiger partial charge in [0.15, 0.2) is 0 Å². The number of aryl methyl sites for hydroxylation is 1. The predicted octanol–water partition coefficient (Wildman–Crippen LogP) is 3.27. The van der Waals surface area contributed by atoms with E-state index in [2.05, 4.69) is 45.4 Å². The summed E-state index contributed by atoms with van der Waals surface area (Å²) in [5.74, 6) is 0.966. The molecule has 1 amide bonds. The van der Waals surface area contributed by atoms with Crippen LogP contribution in [0.25, 0.3) is 0 Å². The van der Waals surface area contributed by atoms with Crippen LogP contribution in [0, 0.1) is 12.8 Å². The largest absolute Gasteiger partial charge is 0.336 e. The summed E-state index contributed by atoms with van der Waals surface area (Å²) in [6.07, 6.45) is 6.21. The Morgan fingerprint density at radius 3 is 2.54 bits per heavy atom. The number of hydrogen-bond acceptors (Lipinski definition) is 2. The minimum atomic E-state index is 0.257. The fourth-order valence-corrected chi connectivity index (χ4v) is 4.62. The Balaban J connectivity index is 1.40. The van der Waals surface area contributed by atoms with Crippen LogP contribution in [0.15, 0.2) is 36.4 Å². The van der Waals surface area contributed by atoms with Crippen LogP contribution < -0.4 is 0 Å². The van der Waals surface area contributed by atoms with Crippen molar-refractivity contribution in [2.24, 2.45) is 5.92 Å². The third kappa shape index (κ3) is 3.10. The van der Waals surface area contributed by atoms with E-state index in [9.17, 15) is 4.79 Å². The first-order chi connectivity index (χ1) is 11.7. The molecule has 126 valence electrons. The third-order valence-corrected chi connectivity index (χ3v) is 5.58. The molecule has 1 aromatic heterocycles. The Bertz CT molecular complexity index is 695. The molecule has 4 heteroatoms. The lowest BCUT2D eigenvalue weighted by molar-refractivity contribution is -0.135. The molecule has 2 bridgehead atoms. The highest BCUT2D eigenvalue weighted by molar-refractivity contribution is 5.79. The molecule has 2 fully saturated rings. The monoisotopic (exact) mass is 323 g/mol. The SMILES string of the molecule is Cc1cc(CC(=O)N2C3CCC2CC(Cc2ccccc2)C3)n[nH]1. The summed E-state index contributed by atoms with van der Waals surface area (Å²) >= 11 is 0. The van der Waals surface area contributed by atoms with Gasteiger partial charge in [-0.05, 0) is 56.6 Å². The Labute approximate surface area is 143 Å². The third-order valence-electron chi connectivity index (χ3n) is 5.58. The lowest BCUT2D eigenvalue weighted by Gasteiger charge is -2.39. The van der Waals surface area contributed by atoms with Gasteiger partial charge in [-0.3, -0.25) is 9.89 Å². The van der Waals surface area contributed by atoms with E-state index < -0.39 is 0 Å². The van der Waals surface area contributed by atoms with Gasteiger partial charge in [0.2, 0.25) is 5.91 Å². The number of hydrogen-bond donors (Lipinski definition) is 1. The molecule has 0 saturated carbocycles. The van der Waals surface area contributed by atoms with Crippen molar-refractivity contribution in [3.63, 3.8) is 0 Å². The molecular weight excluding hydrogens is 298 g/mol. The number of fused-ring (bicyclic) bond motifs is 2. The van der Waals surface area contributed by atoms with E-state index in [1.165, 1.54) is 18.4 Å². The van der Waals surface area contributed by atoms with Crippen LogP contribution in [-0.2, 0) is 17.6 Å². The molecule has 0 radical (unpaired) electrons. The zero-order valence-corrected chi connectivity index (χ0v) is 14.2. The van der Waals surface area contributed by atoms with E-state index in [1.807, 2.05) is 13.0 Å². The van der Waals surface area contributed by atoms with Crippen molar-refractivity contribution >= 4 is 5.91 Å². The summed E-state index contributed by atoms with van der Waals surface area (Å²) in [4.78, 5) is 15.0. The molecule has 4 nitrogen and oxygen atoms in total. The van der Waals surface area contributed by atoms with Gasteiger partial charge < -0.3 is 4.90 Å². The van der Waals surface area contributed by atoms with Gasteiger partial charge in [0.05, 0.1) is 12.1 Å². The summed E-state index contributed by atoms with van der Waals surface area (Å²) < 4.78 is 0. The summed E-state index contributed by atoms with van der Waals surface area (Å²) in [6, 6.07) is 13.6. The van der Waals surface area contributed by atoms with Crippen LogP contribution in [0.5, 0.6) is 0 Å². The molecule has 24 heavy (non-hydrogen) atoms. The quantitative estimate of drug-likeness (QED) is 0.939. The van der Waals surface area contributed by atoms with Gasteiger partial charge in [-0.15, -0.1) is 0 Å². The number of piperidine rings is 1. The van der Waals surface area contributed by atoms with Gasteiger partial charge in [-0.1, -0.05) is 30.3 Å². The minimum Gasteiger partial charge on any atom is -0.336 e. The highest BCUT2D eigenvalue weighted by atomic mass is 16.2. The van der Waals surface area contributed by atoms with Crippen molar-refractivity contribution in [1.29, 1.82) is 0 Å². The van der Waals surface area contributed by atoms with Gasteiger partial charge in [0.25, 0.3) is 0 Å². The number of amides is 1. The van der Waals surface area contributed by atoms with E-state index in [-0.39, 0.29) is 5.91 Å². The van der Waals surface area contributed by atoms with Gasteiger partial charge in [-0.25, -0.2) is 0 Å². The van der Waals surface area contributed by atoms with Crippen molar-refractivity contribution in [2.75, 3.05) is 0 Å². The van der Waals surface area contributed by atoms with Gasteiger partial charge in [0, 0.05) is 17.8 Å². The van der Waals surface area contributed by atoms with Crippen LogP contribution in [-0.4, -0.2) is 33.1 Å². The van der Waals surface area contributed by atoms with E-state index >= 15 is 0 Å². The zero-order valence-electron chi connectivity index (χ0n) is 14.2. The summed E-state index contributed by atoms with van der Waals surface area (Å²) in [6.45, 7) is 1.97. The normalized spacial score (nSPS) is 25.9. The van der Waals surface area contributed by atoms with Crippen LogP contribution in [0.1, 0.15) is 42.6 Å². The lowest BCUT2D eigenvalue weighted by Crippen LogP contribution is -2.47. The first kappa shape index (κ1) is 15.4. The Hall–Kier alpha value is -2.10. The second kappa shape index (κ2) is 6.42. The molecule has 1 N–H and O–H groups in total. The van der Waals surface area contributed by atoms with E-state index in [1.54, 1.807) is 0 Å². The number of rotatable bonds is 4. The average molecular weight is 323 g/mol. The second-order valence-corrected chi connectivity index (χ2v) is 7.43. The van der Waals surface area contributed by atoms with Crippen molar-refractivity contribution in [3.05, 3.63) is 53.3 Å². The standard InChI is InChI=1S/C20H25N3O/c1-14-9-17(22-21-14)13-20(24)23-18-7-8-19(23)12-16(11-18)10-15-5-3-2-4-6-15/h2-6,9,16,18-19H,7-8,10-13H2,1H3,(H,21,22). The maximum Gasteiger partial charge on any atom is 0.229 e. The number of carbonyl (C=O) groups is 1. The molecule has 4 rings (SSSR count). The zero-order chi connectivity index (χ0) is 16.5. The molecule has 2 aliphatic rings. The predicted molar refractivity (Wildman–Crippen MR) is 93.6 cm³/mol. The van der Waals surface area contributed by atoms with Crippen LogP contribution in [0.4, 0.5) is 0 Å². The van der Waals surface area contributed by atoms with Crippen LogP contribution in [0.3, 0.4) is 0 Å². The summed E-state index contributed by atoms with van der Waals surface area (Å²) in [5, 5.41) is 7.15. The first-order valence-electron chi connectivity index (χ1n) is 9.05. The smallest absolute Gasteiger partial charge is 0.229 e. The van der Waals surface area contributed by atoms with E-state index in [0.29, 0.717) is 24.4 Å². The van der Waals surface area contributed by atoms with E-state index in [4.69, 9.17) is 0 Å². The number of nitrogens with zero attached hydrogens (tertiary/aromatic N) is 2. The number of aromatic nitrogens is 2. The Kier molecular flexibility index (Phi) is 4.13. The fraction of sp³-hybridized carbons (Fsp3) is 0.500. The molecule has 2 unspecified atom stereocenters. The molecule has 2 aliphatic heterocycles. The summed E-state index contributed by atoms with van der Waals surface area (Å²) in [5.41, 5.74) is 3.30. The van der Waals surface area contributed by atoms with Crippen LogP contribution in [0.2, 0.25) is 0 Å². The number of benzene rings is 1. The average Bonchev–Trinajstić information content (AvgIpc) is 3.09. The fourth-order valence-electron chi connectivity index (χ4n) is 4.62. The second-order valence-electron chi connectivity index (χ2n) is 7.43. The molecule has 0 spiro atoms. The van der Waals surface area contributed by atoms with Gasteiger partial charge in [0.1, 0.15) is 0 Å². The van der Waals surface area contributed by atoms with Crippen molar-refractivity contribution < 1.29 is 4.79 Å². The number of carbonyl (C=O) groups excluding carboxylic acids is 1. The highest BCUT2D eigenvalue weighted by Gasteiger charge is 2.42. The van der Waals surface area contributed by atoms with E-state index in [0.717, 1.165) is 30.7 Å². The molecule has 2 saturated heterocycles. The van der Waals surface area contributed by atoms with Crippen molar-refractivity contribution in [1.82, 2.24) is 15.1 Å². The molecule has 3 heterocycles. The molecule has 2 atom stereocenters. The van der Waals surface area contributed by atoms with Crippen LogP contribution >= 0.6 is 0 Å². The topological polar surface area (TPSA) is 49.0 Å². The minimum absolute atomic E-state index is 0.257. The lowest BCUT2D eigenvalue weighted by atomic mass is 9.85. The van der Waals surface area contributed by atoms with Crippen molar-refractivity contribution in [3.8, 4) is 0 Å². The van der Waals surface area contributed by atoms with Gasteiger partial charge in [-0.2, -0.15) is 5.10 Å². The Morgan fingerprint density at radius 2 is 1.92 bits per heavy atom. The number of H-pyrrole nitrogens is 1. The molecule has 1 aromatic carbocycles.